The van der Waals surface area contributed by atoms with Crippen LogP contribution in [0.25, 0.3) is 0 Å². The van der Waals surface area contributed by atoms with Crippen LogP contribution in [0.15, 0.2) is 24.3 Å². The van der Waals surface area contributed by atoms with Crippen LogP contribution in [0.2, 0.25) is 5.02 Å². The van der Waals surface area contributed by atoms with Gasteiger partial charge in [0.2, 0.25) is 5.91 Å². The van der Waals surface area contributed by atoms with Crippen molar-refractivity contribution in [2.24, 2.45) is 5.92 Å². The maximum Gasteiger partial charge on any atom is 0.238 e. The van der Waals surface area contributed by atoms with Crippen molar-refractivity contribution in [3.05, 3.63) is 29.3 Å². The molecule has 1 aromatic rings. The van der Waals surface area contributed by atoms with E-state index in [-0.39, 0.29) is 18.4 Å². The molecule has 1 unspecified atom stereocenters. The summed E-state index contributed by atoms with van der Waals surface area (Å²) in [6.45, 7) is 4.71. The van der Waals surface area contributed by atoms with Gasteiger partial charge in [-0.1, -0.05) is 44.4 Å². The molecule has 0 saturated carbocycles. The predicted molar refractivity (Wildman–Crippen MR) is 83.0 cm³/mol. The summed E-state index contributed by atoms with van der Waals surface area (Å²) < 4.78 is 0. The first-order chi connectivity index (χ1) is 9.56. The van der Waals surface area contributed by atoms with Gasteiger partial charge >= 0.3 is 0 Å². The summed E-state index contributed by atoms with van der Waals surface area (Å²) in [5, 5.41) is 16.2. The molecule has 1 amide bonds. The first kappa shape index (κ1) is 17.0. The normalized spacial score (nSPS) is 12.4. The van der Waals surface area contributed by atoms with Crippen molar-refractivity contribution in [1.29, 1.82) is 0 Å². The molecular weight excluding hydrogens is 276 g/mol. The SMILES string of the molecule is CCC(CC)C(O)CNCC(=O)Nc1cccc(Cl)c1. The maximum absolute atomic E-state index is 11.7. The molecule has 1 aromatic carbocycles. The Balaban J connectivity index is 2.30. The van der Waals surface area contributed by atoms with Crippen LogP contribution >= 0.6 is 11.6 Å². The second-order valence-electron chi connectivity index (χ2n) is 4.83. The van der Waals surface area contributed by atoms with Crippen molar-refractivity contribution >= 4 is 23.2 Å². The lowest BCUT2D eigenvalue weighted by atomic mass is 9.97. The van der Waals surface area contributed by atoms with E-state index in [0.29, 0.717) is 17.3 Å². The highest BCUT2D eigenvalue weighted by molar-refractivity contribution is 6.30. The minimum atomic E-state index is -0.413. The largest absolute Gasteiger partial charge is 0.392 e. The van der Waals surface area contributed by atoms with Gasteiger partial charge in [-0.2, -0.15) is 0 Å². The van der Waals surface area contributed by atoms with Crippen LogP contribution in [-0.2, 0) is 4.79 Å². The molecule has 0 heterocycles. The standard InChI is InChI=1S/C15H23ClN2O2/c1-3-11(4-2)14(19)9-17-10-15(20)18-13-7-5-6-12(16)8-13/h5-8,11,14,17,19H,3-4,9-10H2,1-2H3,(H,18,20). The number of benzene rings is 1. The van der Waals surface area contributed by atoms with Crippen LogP contribution in [-0.4, -0.2) is 30.2 Å². The van der Waals surface area contributed by atoms with Crippen molar-refractivity contribution in [3.63, 3.8) is 0 Å². The molecule has 20 heavy (non-hydrogen) atoms. The van der Waals surface area contributed by atoms with Gasteiger partial charge < -0.3 is 15.7 Å². The summed E-state index contributed by atoms with van der Waals surface area (Å²) >= 11 is 5.84. The Labute approximate surface area is 125 Å². The van der Waals surface area contributed by atoms with Gasteiger partial charge in [0.25, 0.3) is 0 Å². The fourth-order valence-electron chi connectivity index (χ4n) is 2.10. The second kappa shape index (κ2) is 8.95. The van der Waals surface area contributed by atoms with Gasteiger partial charge in [-0.05, 0) is 24.1 Å². The molecule has 3 N–H and O–H groups in total. The van der Waals surface area contributed by atoms with E-state index in [9.17, 15) is 9.90 Å². The molecular formula is C15H23ClN2O2. The third kappa shape index (κ3) is 5.90. The molecule has 0 saturated heterocycles. The highest BCUT2D eigenvalue weighted by Crippen LogP contribution is 2.14. The number of aliphatic hydroxyl groups excluding tert-OH is 1. The Hall–Kier alpha value is -1.10. The third-order valence-electron chi connectivity index (χ3n) is 3.34. The quantitative estimate of drug-likeness (QED) is 0.691. The van der Waals surface area contributed by atoms with E-state index in [1.54, 1.807) is 24.3 Å². The molecule has 4 nitrogen and oxygen atoms in total. The Kier molecular flexibility index (Phi) is 7.59. The molecule has 0 aromatic heterocycles. The molecule has 0 bridgehead atoms. The average molecular weight is 299 g/mol. The Morgan fingerprint density at radius 1 is 1.35 bits per heavy atom. The average Bonchev–Trinajstić information content (AvgIpc) is 2.40. The van der Waals surface area contributed by atoms with Crippen LogP contribution in [0, 0.1) is 5.92 Å². The number of rotatable bonds is 8. The summed E-state index contributed by atoms with van der Waals surface area (Å²) in [5.41, 5.74) is 0.671. The number of hydrogen-bond donors (Lipinski definition) is 3. The number of aliphatic hydroxyl groups is 1. The summed E-state index contributed by atoms with van der Waals surface area (Å²) in [6.07, 6.45) is 1.46. The lowest BCUT2D eigenvalue weighted by molar-refractivity contribution is -0.115. The smallest absolute Gasteiger partial charge is 0.238 e. The zero-order valence-corrected chi connectivity index (χ0v) is 12.8. The summed E-state index contributed by atoms with van der Waals surface area (Å²) in [7, 11) is 0. The van der Waals surface area contributed by atoms with Crippen molar-refractivity contribution < 1.29 is 9.90 Å². The topological polar surface area (TPSA) is 61.4 Å². The molecule has 0 spiro atoms. The van der Waals surface area contributed by atoms with Crippen molar-refractivity contribution in [2.75, 3.05) is 18.4 Å². The van der Waals surface area contributed by atoms with E-state index in [1.165, 1.54) is 0 Å². The number of anilines is 1. The molecule has 0 radical (unpaired) electrons. The van der Waals surface area contributed by atoms with Crippen LogP contribution < -0.4 is 10.6 Å². The number of carbonyl (C=O) groups is 1. The second-order valence-corrected chi connectivity index (χ2v) is 5.27. The minimum absolute atomic E-state index is 0.149. The molecule has 0 aliphatic carbocycles. The summed E-state index contributed by atoms with van der Waals surface area (Å²) in [6, 6.07) is 7.00. The zero-order chi connectivity index (χ0) is 15.0. The fourth-order valence-corrected chi connectivity index (χ4v) is 2.29. The highest BCUT2D eigenvalue weighted by Gasteiger charge is 2.15. The van der Waals surface area contributed by atoms with Gasteiger partial charge in [0.15, 0.2) is 0 Å². The summed E-state index contributed by atoms with van der Waals surface area (Å²) in [4.78, 5) is 11.7. The van der Waals surface area contributed by atoms with Crippen LogP contribution in [0.1, 0.15) is 26.7 Å². The van der Waals surface area contributed by atoms with Crippen LogP contribution in [0.3, 0.4) is 0 Å². The zero-order valence-electron chi connectivity index (χ0n) is 12.0. The number of carbonyl (C=O) groups excluding carboxylic acids is 1. The van der Waals surface area contributed by atoms with Crippen molar-refractivity contribution in [3.8, 4) is 0 Å². The number of halogens is 1. The molecule has 5 heteroatoms. The number of hydrogen-bond acceptors (Lipinski definition) is 3. The van der Waals surface area contributed by atoms with Gasteiger partial charge in [-0.15, -0.1) is 0 Å². The lowest BCUT2D eigenvalue weighted by Crippen LogP contribution is -2.36. The van der Waals surface area contributed by atoms with Crippen LogP contribution in [0.5, 0.6) is 0 Å². The molecule has 1 atom stereocenters. The minimum Gasteiger partial charge on any atom is -0.392 e. The maximum atomic E-state index is 11.7. The Morgan fingerprint density at radius 2 is 2.05 bits per heavy atom. The van der Waals surface area contributed by atoms with E-state index in [0.717, 1.165) is 12.8 Å². The monoisotopic (exact) mass is 298 g/mol. The van der Waals surface area contributed by atoms with Gasteiger partial charge in [0, 0.05) is 17.3 Å². The molecule has 0 fully saturated rings. The lowest BCUT2D eigenvalue weighted by Gasteiger charge is -2.20. The van der Waals surface area contributed by atoms with Crippen LogP contribution in [0.4, 0.5) is 5.69 Å². The molecule has 0 aliphatic heterocycles. The van der Waals surface area contributed by atoms with Crippen molar-refractivity contribution in [1.82, 2.24) is 5.32 Å². The van der Waals surface area contributed by atoms with E-state index < -0.39 is 6.10 Å². The first-order valence-corrected chi connectivity index (χ1v) is 7.38. The van der Waals surface area contributed by atoms with E-state index in [4.69, 9.17) is 11.6 Å². The highest BCUT2D eigenvalue weighted by atomic mass is 35.5. The Morgan fingerprint density at radius 3 is 2.65 bits per heavy atom. The summed E-state index contributed by atoms with van der Waals surface area (Å²) in [5.74, 6) is 0.127. The Bertz CT molecular complexity index is 422. The number of nitrogens with one attached hydrogen (secondary N) is 2. The van der Waals surface area contributed by atoms with E-state index in [2.05, 4.69) is 24.5 Å². The first-order valence-electron chi connectivity index (χ1n) is 7.01. The number of amides is 1. The third-order valence-corrected chi connectivity index (χ3v) is 3.58. The molecule has 1 rings (SSSR count). The van der Waals surface area contributed by atoms with Gasteiger partial charge in [-0.3, -0.25) is 4.79 Å². The molecule has 0 aliphatic rings. The van der Waals surface area contributed by atoms with Gasteiger partial charge in [-0.25, -0.2) is 0 Å². The predicted octanol–water partition coefficient (Wildman–Crippen LogP) is 2.67. The fraction of sp³-hybridized carbons (Fsp3) is 0.533. The van der Waals surface area contributed by atoms with Crippen molar-refractivity contribution in [2.45, 2.75) is 32.8 Å². The molecule has 112 valence electrons. The van der Waals surface area contributed by atoms with Gasteiger partial charge in [0.05, 0.1) is 12.6 Å². The van der Waals surface area contributed by atoms with E-state index >= 15 is 0 Å². The van der Waals surface area contributed by atoms with Gasteiger partial charge in [0.1, 0.15) is 0 Å². The van der Waals surface area contributed by atoms with E-state index in [1.807, 2.05) is 0 Å².